The van der Waals surface area contributed by atoms with Crippen molar-refractivity contribution in [1.29, 1.82) is 0 Å². The van der Waals surface area contributed by atoms with E-state index in [0.717, 1.165) is 11.3 Å². The van der Waals surface area contributed by atoms with Crippen molar-refractivity contribution in [1.82, 2.24) is 15.2 Å². The van der Waals surface area contributed by atoms with Gasteiger partial charge in [-0.25, -0.2) is 5.10 Å². The number of amides is 1. The molecule has 21 heavy (non-hydrogen) atoms. The third-order valence-electron chi connectivity index (χ3n) is 2.50. The Morgan fingerprint density at radius 1 is 1.48 bits per heavy atom. The molecule has 0 aliphatic carbocycles. The third-order valence-corrected chi connectivity index (χ3v) is 2.50. The summed E-state index contributed by atoms with van der Waals surface area (Å²) in [5, 5.41) is 8.91. The van der Waals surface area contributed by atoms with Crippen LogP contribution in [0.15, 0.2) is 30.3 Å². The molecule has 1 heterocycles. The second-order valence-electron chi connectivity index (χ2n) is 4.00. The van der Waals surface area contributed by atoms with Crippen LogP contribution in [-0.4, -0.2) is 34.8 Å². The van der Waals surface area contributed by atoms with Crippen LogP contribution < -0.4 is 14.8 Å². The van der Waals surface area contributed by atoms with Crippen LogP contribution in [0.4, 0.5) is 5.95 Å². The Morgan fingerprint density at radius 3 is 3.10 bits per heavy atom. The summed E-state index contributed by atoms with van der Waals surface area (Å²) in [6.45, 7) is 2.28. The number of nitrogens with one attached hydrogen (secondary N) is 2. The highest BCUT2D eigenvalue weighted by Crippen LogP contribution is 2.13. The zero-order valence-corrected chi connectivity index (χ0v) is 11.8. The molecule has 2 rings (SSSR count). The summed E-state index contributed by atoms with van der Waals surface area (Å²) in [4.78, 5) is 15.7. The van der Waals surface area contributed by atoms with Gasteiger partial charge < -0.3 is 9.47 Å². The maximum absolute atomic E-state index is 11.7. The lowest BCUT2D eigenvalue weighted by atomic mass is 10.2. The predicted molar refractivity (Wildman–Crippen MR) is 78.2 cm³/mol. The summed E-state index contributed by atoms with van der Waals surface area (Å²) in [5.74, 6) is 0.643. The minimum absolute atomic E-state index is 0.199. The van der Waals surface area contributed by atoms with E-state index in [1.54, 1.807) is 13.2 Å². The number of rotatable bonds is 6. The zero-order valence-electron chi connectivity index (χ0n) is 11.8. The first kappa shape index (κ1) is 14.6. The summed E-state index contributed by atoms with van der Waals surface area (Å²) >= 11 is 0. The molecular formula is C14H16N4O3. The number of H-pyrrole nitrogens is 1. The average Bonchev–Trinajstić information content (AvgIpc) is 2.93. The molecule has 1 amide bonds. The molecule has 0 saturated heterocycles. The van der Waals surface area contributed by atoms with Crippen LogP contribution in [0, 0.1) is 0 Å². The predicted octanol–water partition coefficient (Wildman–Crippen LogP) is 1.86. The number of methoxy groups -OCH3 is 1. The maximum Gasteiger partial charge on any atom is 0.337 e. The topological polar surface area (TPSA) is 89.1 Å². The van der Waals surface area contributed by atoms with Crippen molar-refractivity contribution in [2.75, 3.05) is 19.0 Å². The molecule has 0 bridgehead atoms. The fourth-order valence-electron chi connectivity index (χ4n) is 1.57. The Hall–Kier alpha value is -2.83. The van der Waals surface area contributed by atoms with E-state index in [1.165, 1.54) is 6.08 Å². The first-order chi connectivity index (χ1) is 10.2. The molecule has 7 heteroatoms. The SMILES string of the molecule is CCOc1n[nH]c(NC(=O)/C=C/c2cccc(OC)c2)n1. The van der Waals surface area contributed by atoms with Gasteiger partial charge in [-0.2, -0.15) is 4.98 Å². The van der Waals surface area contributed by atoms with Crippen LogP contribution >= 0.6 is 0 Å². The van der Waals surface area contributed by atoms with E-state index in [9.17, 15) is 4.79 Å². The van der Waals surface area contributed by atoms with Crippen molar-refractivity contribution in [3.63, 3.8) is 0 Å². The first-order valence-electron chi connectivity index (χ1n) is 6.39. The van der Waals surface area contributed by atoms with Crippen LogP contribution in [0.1, 0.15) is 12.5 Å². The van der Waals surface area contributed by atoms with Gasteiger partial charge in [-0.3, -0.25) is 10.1 Å². The molecule has 2 N–H and O–H groups in total. The van der Waals surface area contributed by atoms with E-state index < -0.39 is 0 Å². The fourth-order valence-corrected chi connectivity index (χ4v) is 1.57. The number of aromatic amines is 1. The third kappa shape index (κ3) is 4.34. The molecular weight excluding hydrogens is 272 g/mol. The summed E-state index contributed by atoms with van der Waals surface area (Å²) in [7, 11) is 1.59. The van der Waals surface area contributed by atoms with E-state index in [4.69, 9.17) is 9.47 Å². The molecule has 0 saturated carbocycles. The van der Waals surface area contributed by atoms with E-state index in [-0.39, 0.29) is 17.9 Å². The number of carbonyl (C=O) groups is 1. The molecule has 1 aromatic carbocycles. The molecule has 0 unspecified atom stereocenters. The number of anilines is 1. The highest BCUT2D eigenvalue weighted by atomic mass is 16.5. The zero-order chi connectivity index (χ0) is 15.1. The largest absolute Gasteiger partial charge is 0.497 e. The van der Waals surface area contributed by atoms with Crippen molar-refractivity contribution in [2.45, 2.75) is 6.92 Å². The number of carbonyl (C=O) groups excluding carboxylic acids is 1. The van der Waals surface area contributed by atoms with Gasteiger partial charge in [0.25, 0.3) is 5.91 Å². The van der Waals surface area contributed by atoms with Gasteiger partial charge in [-0.15, -0.1) is 5.10 Å². The summed E-state index contributed by atoms with van der Waals surface area (Å²) in [6.07, 6.45) is 3.08. The van der Waals surface area contributed by atoms with E-state index in [0.29, 0.717) is 6.61 Å². The lowest BCUT2D eigenvalue weighted by Gasteiger charge is -2.00. The summed E-state index contributed by atoms with van der Waals surface area (Å²) in [5.41, 5.74) is 0.858. The van der Waals surface area contributed by atoms with E-state index in [2.05, 4.69) is 20.5 Å². The Balaban J connectivity index is 1.95. The Kier molecular flexibility index (Phi) is 4.92. The standard InChI is InChI=1S/C14H16N4O3/c1-3-21-14-16-13(17-18-14)15-12(19)8-7-10-5-4-6-11(9-10)20-2/h4-9H,3H2,1-2H3,(H2,15,16,17,18,19)/b8-7+. The van der Waals surface area contributed by atoms with Crippen LogP contribution in [0.25, 0.3) is 6.08 Å². The number of aromatic nitrogens is 3. The van der Waals surface area contributed by atoms with Gasteiger partial charge in [0.15, 0.2) is 0 Å². The summed E-state index contributed by atoms with van der Waals surface area (Å²) < 4.78 is 10.2. The van der Waals surface area contributed by atoms with Gasteiger partial charge in [0, 0.05) is 6.08 Å². The number of ether oxygens (including phenoxy) is 2. The van der Waals surface area contributed by atoms with Crippen molar-refractivity contribution in [3.05, 3.63) is 35.9 Å². The first-order valence-corrected chi connectivity index (χ1v) is 6.39. The molecule has 0 spiro atoms. The van der Waals surface area contributed by atoms with Crippen LogP contribution in [0.5, 0.6) is 11.8 Å². The highest BCUT2D eigenvalue weighted by Gasteiger charge is 2.05. The highest BCUT2D eigenvalue weighted by molar-refractivity contribution is 6.00. The molecule has 2 aromatic rings. The minimum Gasteiger partial charge on any atom is -0.497 e. The molecule has 0 radical (unpaired) electrons. The Bertz CT molecular complexity index is 637. The smallest absolute Gasteiger partial charge is 0.337 e. The van der Waals surface area contributed by atoms with Gasteiger partial charge in [-0.05, 0) is 30.7 Å². The molecule has 1 aromatic heterocycles. The number of hydrogen-bond donors (Lipinski definition) is 2. The van der Waals surface area contributed by atoms with E-state index in [1.807, 2.05) is 31.2 Å². The number of benzene rings is 1. The fraction of sp³-hybridized carbons (Fsp3) is 0.214. The molecule has 110 valence electrons. The minimum atomic E-state index is -0.322. The Labute approximate surface area is 122 Å². The summed E-state index contributed by atoms with van der Waals surface area (Å²) in [6, 6.07) is 7.58. The second-order valence-corrected chi connectivity index (χ2v) is 4.00. The molecule has 0 atom stereocenters. The Morgan fingerprint density at radius 2 is 2.33 bits per heavy atom. The van der Waals surface area contributed by atoms with Crippen molar-refractivity contribution < 1.29 is 14.3 Å². The van der Waals surface area contributed by atoms with Gasteiger partial charge >= 0.3 is 6.01 Å². The number of hydrogen-bond acceptors (Lipinski definition) is 5. The van der Waals surface area contributed by atoms with Crippen molar-refractivity contribution >= 4 is 17.9 Å². The quantitative estimate of drug-likeness (QED) is 0.792. The molecule has 0 aliphatic heterocycles. The van der Waals surface area contributed by atoms with Gasteiger partial charge in [0.2, 0.25) is 5.95 Å². The molecule has 7 nitrogen and oxygen atoms in total. The molecule has 0 fully saturated rings. The normalized spacial score (nSPS) is 10.6. The molecule has 0 aliphatic rings. The second kappa shape index (κ2) is 7.09. The van der Waals surface area contributed by atoms with Crippen molar-refractivity contribution in [2.24, 2.45) is 0 Å². The number of nitrogens with zero attached hydrogens (tertiary/aromatic N) is 2. The van der Waals surface area contributed by atoms with Crippen molar-refractivity contribution in [3.8, 4) is 11.8 Å². The monoisotopic (exact) mass is 288 g/mol. The van der Waals surface area contributed by atoms with Crippen LogP contribution in [0.3, 0.4) is 0 Å². The maximum atomic E-state index is 11.7. The lowest BCUT2D eigenvalue weighted by Crippen LogP contribution is -2.09. The van der Waals surface area contributed by atoms with Crippen LogP contribution in [0.2, 0.25) is 0 Å². The van der Waals surface area contributed by atoms with Gasteiger partial charge in [0.1, 0.15) is 5.75 Å². The van der Waals surface area contributed by atoms with Gasteiger partial charge in [-0.1, -0.05) is 12.1 Å². The van der Waals surface area contributed by atoms with Crippen LogP contribution in [-0.2, 0) is 4.79 Å². The van der Waals surface area contributed by atoms with E-state index >= 15 is 0 Å². The van der Waals surface area contributed by atoms with Gasteiger partial charge in [0.05, 0.1) is 13.7 Å². The average molecular weight is 288 g/mol. The lowest BCUT2D eigenvalue weighted by molar-refractivity contribution is -0.111.